The number of hydrogen-bond acceptors (Lipinski definition) is 2. The molecule has 1 aliphatic carbocycles. The fraction of sp³-hybridized carbons (Fsp3) is 0.625. The molecule has 0 heterocycles. The van der Waals surface area contributed by atoms with Crippen LogP contribution in [-0.4, -0.2) is 25.0 Å². The van der Waals surface area contributed by atoms with Crippen molar-refractivity contribution < 1.29 is 0 Å². The second-order valence-electron chi connectivity index (χ2n) is 6.50. The molecule has 2 rings (SSSR count). The van der Waals surface area contributed by atoms with Gasteiger partial charge in [-0.2, -0.15) is 0 Å². The van der Waals surface area contributed by atoms with Crippen LogP contribution in [0.2, 0.25) is 0 Å². The van der Waals surface area contributed by atoms with Crippen molar-refractivity contribution in [1.82, 2.24) is 4.90 Å². The van der Waals surface area contributed by atoms with Crippen molar-refractivity contribution in [2.45, 2.75) is 38.5 Å². The highest BCUT2D eigenvalue weighted by atomic mass is 15.1. The van der Waals surface area contributed by atoms with Gasteiger partial charge in [0.2, 0.25) is 0 Å². The van der Waals surface area contributed by atoms with Crippen LogP contribution in [0.5, 0.6) is 0 Å². The second-order valence-corrected chi connectivity index (χ2v) is 6.50. The molecule has 100 valence electrons. The van der Waals surface area contributed by atoms with E-state index in [0.29, 0.717) is 0 Å². The van der Waals surface area contributed by atoms with Crippen molar-refractivity contribution in [3.63, 3.8) is 0 Å². The zero-order valence-electron chi connectivity index (χ0n) is 11.9. The molecule has 0 unspecified atom stereocenters. The van der Waals surface area contributed by atoms with Crippen molar-refractivity contribution in [2.75, 3.05) is 25.9 Å². The molecule has 2 heteroatoms. The highest BCUT2D eigenvalue weighted by Gasteiger charge is 2.25. The summed E-state index contributed by atoms with van der Waals surface area (Å²) in [6, 6.07) is 8.32. The summed E-state index contributed by atoms with van der Waals surface area (Å²) in [5.74, 6) is 0.942. The van der Waals surface area contributed by atoms with Crippen LogP contribution < -0.4 is 5.73 Å². The highest BCUT2D eigenvalue weighted by molar-refractivity contribution is 5.41. The summed E-state index contributed by atoms with van der Waals surface area (Å²) in [6.07, 6.45) is 4.28. The zero-order valence-corrected chi connectivity index (χ0v) is 11.9. The van der Waals surface area contributed by atoms with E-state index in [1.54, 1.807) is 0 Å². The Morgan fingerprint density at radius 2 is 1.83 bits per heavy atom. The van der Waals surface area contributed by atoms with Crippen LogP contribution in [0.3, 0.4) is 0 Å². The molecule has 0 saturated heterocycles. The number of hydrogen-bond donors (Lipinski definition) is 1. The molecule has 18 heavy (non-hydrogen) atoms. The van der Waals surface area contributed by atoms with Gasteiger partial charge in [0.1, 0.15) is 0 Å². The number of likely N-dealkylation sites (N-methyl/N-ethyl adjacent to an activating group) is 1. The second kappa shape index (κ2) is 5.31. The third-order valence-corrected chi connectivity index (χ3v) is 4.15. The first-order chi connectivity index (χ1) is 8.47. The largest absolute Gasteiger partial charge is 0.399 e. The van der Waals surface area contributed by atoms with Crippen LogP contribution in [0.4, 0.5) is 5.69 Å². The van der Waals surface area contributed by atoms with Gasteiger partial charge in [0, 0.05) is 24.2 Å². The number of rotatable bonds is 5. The quantitative estimate of drug-likeness (QED) is 0.808. The topological polar surface area (TPSA) is 29.3 Å². The first kappa shape index (κ1) is 13.4. The Balaban J connectivity index is 1.94. The molecule has 2 N–H and O–H groups in total. The van der Waals surface area contributed by atoms with Gasteiger partial charge in [-0.1, -0.05) is 32.4 Å². The van der Waals surface area contributed by atoms with Gasteiger partial charge in [0.15, 0.2) is 0 Å². The number of benzene rings is 1. The molecule has 0 spiro atoms. The number of nitrogen functional groups attached to an aromatic ring is 1. The van der Waals surface area contributed by atoms with E-state index in [9.17, 15) is 0 Å². The molecule has 0 bridgehead atoms. The lowest BCUT2D eigenvalue weighted by atomic mass is 9.82. The maximum atomic E-state index is 5.75. The average Bonchev–Trinajstić information content (AvgIpc) is 2.23. The van der Waals surface area contributed by atoms with Crippen LogP contribution in [0.1, 0.15) is 38.7 Å². The Morgan fingerprint density at radius 1 is 1.22 bits per heavy atom. The zero-order chi connectivity index (χ0) is 13.2. The molecule has 1 aromatic carbocycles. The molecule has 1 fully saturated rings. The lowest BCUT2D eigenvalue weighted by molar-refractivity contribution is 0.181. The predicted octanol–water partition coefficient (Wildman–Crippen LogP) is 3.28. The smallest absolute Gasteiger partial charge is 0.0314 e. The Bertz CT molecular complexity index is 377. The van der Waals surface area contributed by atoms with Crippen LogP contribution in [0.15, 0.2) is 24.3 Å². The van der Waals surface area contributed by atoms with Crippen LogP contribution in [-0.2, 0) is 5.41 Å². The molecule has 1 saturated carbocycles. The Kier molecular flexibility index (Phi) is 3.96. The third-order valence-electron chi connectivity index (χ3n) is 4.15. The molecule has 1 aliphatic rings. The van der Waals surface area contributed by atoms with Gasteiger partial charge in [-0.25, -0.2) is 0 Å². The fourth-order valence-electron chi connectivity index (χ4n) is 2.88. The summed E-state index contributed by atoms with van der Waals surface area (Å²) < 4.78 is 0. The van der Waals surface area contributed by atoms with E-state index in [1.165, 1.54) is 31.4 Å². The van der Waals surface area contributed by atoms with Crippen molar-refractivity contribution >= 4 is 5.69 Å². The molecule has 0 aliphatic heterocycles. The van der Waals surface area contributed by atoms with Crippen molar-refractivity contribution in [3.05, 3.63) is 29.8 Å². The molecule has 0 radical (unpaired) electrons. The number of anilines is 1. The van der Waals surface area contributed by atoms with E-state index in [4.69, 9.17) is 5.73 Å². The van der Waals surface area contributed by atoms with E-state index < -0.39 is 0 Å². The summed E-state index contributed by atoms with van der Waals surface area (Å²) in [7, 11) is 2.25. The number of nitrogens with zero attached hydrogens (tertiary/aromatic N) is 1. The first-order valence-corrected chi connectivity index (χ1v) is 7.02. The first-order valence-electron chi connectivity index (χ1n) is 7.02. The molecule has 0 atom stereocenters. The van der Waals surface area contributed by atoms with Crippen molar-refractivity contribution in [3.8, 4) is 0 Å². The van der Waals surface area contributed by atoms with Crippen LogP contribution in [0, 0.1) is 5.92 Å². The van der Waals surface area contributed by atoms with Gasteiger partial charge < -0.3 is 10.6 Å². The molecule has 2 nitrogen and oxygen atoms in total. The lowest BCUT2D eigenvalue weighted by Crippen LogP contribution is -2.38. The highest BCUT2D eigenvalue weighted by Crippen LogP contribution is 2.29. The van der Waals surface area contributed by atoms with Gasteiger partial charge in [0.05, 0.1) is 0 Å². The normalized spacial score (nSPS) is 16.9. The van der Waals surface area contributed by atoms with E-state index in [2.05, 4.69) is 37.9 Å². The molecule has 0 aromatic heterocycles. The van der Waals surface area contributed by atoms with Crippen molar-refractivity contribution in [1.29, 1.82) is 0 Å². The fourth-order valence-corrected chi connectivity index (χ4v) is 2.88. The summed E-state index contributed by atoms with van der Waals surface area (Å²) in [6.45, 7) is 6.98. The van der Waals surface area contributed by atoms with Gasteiger partial charge in [0.25, 0.3) is 0 Å². The van der Waals surface area contributed by atoms with Crippen molar-refractivity contribution in [2.24, 2.45) is 5.92 Å². The number of nitrogens with two attached hydrogens (primary N) is 1. The summed E-state index contributed by atoms with van der Waals surface area (Å²) in [5, 5.41) is 0. The SMILES string of the molecule is CN(CC1CCC1)CC(C)(C)c1ccc(N)cc1. The molecular formula is C16H26N2. The molecule has 0 amide bonds. The standard InChI is InChI=1S/C16H26N2/c1-16(2,14-7-9-15(17)10-8-14)12-18(3)11-13-5-4-6-13/h7-10,13H,4-6,11-12,17H2,1-3H3. The van der Waals surface area contributed by atoms with Gasteiger partial charge in [-0.05, 0) is 43.5 Å². The Morgan fingerprint density at radius 3 is 2.33 bits per heavy atom. The average molecular weight is 246 g/mol. The monoisotopic (exact) mass is 246 g/mol. The Labute approximate surface area is 111 Å². The summed E-state index contributed by atoms with van der Waals surface area (Å²) in [5.41, 5.74) is 8.16. The predicted molar refractivity (Wildman–Crippen MR) is 78.7 cm³/mol. The summed E-state index contributed by atoms with van der Waals surface area (Å²) in [4.78, 5) is 2.49. The third kappa shape index (κ3) is 3.26. The molecule has 1 aromatic rings. The minimum atomic E-state index is 0.187. The van der Waals surface area contributed by atoms with Crippen LogP contribution in [0.25, 0.3) is 0 Å². The van der Waals surface area contributed by atoms with E-state index in [0.717, 1.165) is 18.2 Å². The molecular weight excluding hydrogens is 220 g/mol. The minimum absolute atomic E-state index is 0.187. The lowest BCUT2D eigenvalue weighted by Gasteiger charge is -2.35. The van der Waals surface area contributed by atoms with E-state index in [-0.39, 0.29) is 5.41 Å². The summed E-state index contributed by atoms with van der Waals surface area (Å²) >= 11 is 0. The van der Waals surface area contributed by atoms with Gasteiger partial charge in [-0.15, -0.1) is 0 Å². The Hall–Kier alpha value is -1.02. The minimum Gasteiger partial charge on any atom is -0.399 e. The van der Waals surface area contributed by atoms with E-state index >= 15 is 0 Å². The van der Waals surface area contributed by atoms with Gasteiger partial charge in [-0.3, -0.25) is 0 Å². The van der Waals surface area contributed by atoms with E-state index in [1.807, 2.05) is 12.1 Å². The maximum absolute atomic E-state index is 5.75. The van der Waals surface area contributed by atoms with Gasteiger partial charge >= 0.3 is 0 Å². The maximum Gasteiger partial charge on any atom is 0.0314 e. The van der Waals surface area contributed by atoms with Crippen LogP contribution >= 0.6 is 0 Å².